The lowest BCUT2D eigenvalue weighted by atomic mass is 10.1. The van der Waals surface area contributed by atoms with E-state index < -0.39 is 0 Å². The van der Waals surface area contributed by atoms with Crippen LogP contribution < -0.4 is 5.32 Å². The van der Waals surface area contributed by atoms with Crippen molar-refractivity contribution in [3.63, 3.8) is 0 Å². The SMILES string of the molecule is CC(Cn1ccnc1)C(=O)NCc1cnc2n1CCC2. The molecule has 1 N–H and O–H groups in total. The Morgan fingerprint density at radius 1 is 1.55 bits per heavy atom. The molecule has 1 aliphatic heterocycles. The van der Waals surface area contributed by atoms with Crippen molar-refractivity contribution >= 4 is 5.91 Å². The summed E-state index contributed by atoms with van der Waals surface area (Å²) in [6.07, 6.45) is 9.39. The van der Waals surface area contributed by atoms with E-state index in [1.54, 1.807) is 12.5 Å². The average Bonchev–Trinajstić information content (AvgIpc) is 3.13. The number of nitrogens with one attached hydrogen (secondary N) is 1. The summed E-state index contributed by atoms with van der Waals surface area (Å²) < 4.78 is 4.13. The fraction of sp³-hybridized carbons (Fsp3) is 0.500. The summed E-state index contributed by atoms with van der Waals surface area (Å²) in [5.74, 6) is 1.12. The van der Waals surface area contributed by atoms with Crippen LogP contribution in [-0.4, -0.2) is 25.0 Å². The van der Waals surface area contributed by atoms with Crippen LogP contribution in [0.25, 0.3) is 0 Å². The quantitative estimate of drug-likeness (QED) is 0.883. The van der Waals surface area contributed by atoms with Gasteiger partial charge in [0.15, 0.2) is 0 Å². The van der Waals surface area contributed by atoms with Gasteiger partial charge in [-0.2, -0.15) is 0 Å². The molecular weight excluding hydrogens is 254 g/mol. The van der Waals surface area contributed by atoms with Gasteiger partial charge >= 0.3 is 0 Å². The second kappa shape index (κ2) is 5.48. The van der Waals surface area contributed by atoms with E-state index in [4.69, 9.17) is 0 Å². The van der Waals surface area contributed by atoms with Crippen molar-refractivity contribution < 1.29 is 4.79 Å². The molecule has 0 aromatic carbocycles. The van der Waals surface area contributed by atoms with Gasteiger partial charge in [-0.25, -0.2) is 9.97 Å². The van der Waals surface area contributed by atoms with Crippen molar-refractivity contribution in [2.45, 2.75) is 39.4 Å². The number of hydrogen-bond donors (Lipinski definition) is 1. The molecule has 0 bridgehead atoms. The Morgan fingerprint density at radius 2 is 2.45 bits per heavy atom. The number of hydrogen-bond acceptors (Lipinski definition) is 3. The number of fused-ring (bicyclic) bond motifs is 1. The van der Waals surface area contributed by atoms with Crippen LogP contribution in [0.1, 0.15) is 24.9 Å². The monoisotopic (exact) mass is 273 g/mol. The fourth-order valence-electron chi connectivity index (χ4n) is 2.61. The van der Waals surface area contributed by atoms with E-state index in [9.17, 15) is 4.79 Å². The Balaban J connectivity index is 1.53. The van der Waals surface area contributed by atoms with Gasteiger partial charge in [-0.1, -0.05) is 6.92 Å². The minimum absolute atomic E-state index is 0.0623. The van der Waals surface area contributed by atoms with Crippen LogP contribution in [0.2, 0.25) is 0 Å². The predicted octanol–water partition coefficient (Wildman–Crippen LogP) is 0.978. The van der Waals surface area contributed by atoms with E-state index in [-0.39, 0.29) is 11.8 Å². The molecule has 2 aromatic rings. The van der Waals surface area contributed by atoms with Crippen LogP contribution in [-0.2, 0) is 30.8 Å². The molecule has 0 aliphatic carbocycles. The van der Waals surface area contributed by atoms with Crippen molar-refractivity contribution in [3.05, 3.63) is 36.4 Å². The van der Waals surface area contributed by atoms with Crippen LogP contribution in [0.15, 0.2) is 24.9 Å². The first-order chi connectivity index (χ1) is 9.74. The highest BCUT2D eigenvalue weighted by molar-refractivity contribution is 5.78. The predicted molar refractivity (Wildman–Crippen MR) is 73.8 cm³/mol. The van der Waals surface area contributed by atoms with Crippen molar-refractivity contribution in [2.75, 3.05) is 0 Å². The highest BCUT2D eigenvalue weighted by atomic mass is 16.1. The third-order valence-electron chi connectivity index (χ3n) is 3.74. The maximum atomic E-state index is 12.1. The summed E-state index contributed by atoms with van der Waals surface area (Å²) in [4.78, 5) is 20.4. The Morgan fingerprint density at radius 3 is 3.25 bits per heavy atom. The maximum absolute atomic E-state index is 12.1. The minimum Gasteiger partial charge on any atom is -0.350 e. The minimum atomic E-state index is -0.0785. The van der Waals surface area contributed by atoms with Gasteiger partial charge in [-0.05, 0) is 6.42 Å². The molecule has 0 saturated heterocycles. The molecule has 6 heteroatoms. The zero-order valence-electron chi connectivity index (χ0n) is 11.6. The van der Waals surface area contributed by atoms with E-state index in [1.165, 1.54) is 0 Å². The van der Waals surface area contributed by atoms with Crippen molar-refractivity contribution in [2.24, 2.45) is 5.92 Å². The number of imidazole rings is 2. The summed E-state index contributed by atoms with van der Waals surface area (Å²) >= 11 is 0. The molecule has 0 saturated carbocycles. The summed E-state index contributed by atoms with van der Waals surface area (Å²) in [5.41, 5.74) is 1.10. The van der Waals surface area contributed by atoms with Gasteiger partial charge in [0.25, 0.3) is 0 Å². The topological polar surface area (TPSA) is 64.7 Å². The molecule has 0 spiro atoms. The van der Waals surface area contributed by atoms with Gasteiger partial charge in [0.1, 0.15) is 5.82 Å². The summed E-state index contributed by atoms with van der Waals surface area (Å²) in [6.45, 7) is 4.15. The Labute approximate surface area is 117 Å². The van der Waals surface area contributed by atoms with E-state index in [0.717, 1.165) is 30.9 Å². The molecule has 1 unspecified atom stereocenters. The number of carbonyl (C=O) groups is 1. The number of nitrogens with zero attached hydrogens (tertiary/aromatic N) is 4. The van der Waals surface area contributed by atoms with Gasteiger partial charge < -0.3 is 14.5 Å². The lowest BCUT2D eigenvalue weighted by molar-refractivity contribution is -0.125. The highest BCUT2D eigenvalue weighted by Gasteiger charge is 2.17. The van der Waals surface area contributed by atoms with Crippen LogP contribution in [0.5, 0.6) is 0 Å². The van der Waals surface area contributed by atoms with Gasteiger partial charge in [-0.3, -0.25) is 4.79 Å². The zero-order chi connectivity index (χ0) is 13.9. The number of aromatic nitrogens is 4. The average molecular weight is 273 g/mol. The van der Waals surface area contributed by atoms with Gasteiger partial charge in [0.05, 0.1) is 30.7 Å². The zero-order valence-corrected chi connectivity index (χ0v) is 11.6. The Hall–Kier alpha value is -2.11. The lowest BCUT2D eigenvalue weighted by Crippen LogP contribution is -2.31. The van der Waals surface area contributed by atoms with Crippen LogP contribution in [0, 0.1) is 5.92 Å². The van der Waals surface area contributed by atoms with Crippen LogP contribution in [0.4, 0.5) is 0 Å². The molecule has 0 radical (unpaired) electrons. The number of rotatable bonds is 5. The first kappa shape index (κ1) is 12.9. The molecule has 20 heavy (non-hydrogen) atoms. The van der Waals surface area contributed by atoms with Crippen LogP contribution in [0.3, 0.4) is 0 Å². The number of aryl methyl sites for hydroxylation is 1. The third-order valence-corrected chi connectivity index (χ3v) is 3.74. The molecule has 106 valence electrons. The van der Waals surface area contributed by atoms with Gasteiger partial charge in [-0.15, -0.1) is 0 Å². The summed E-state index contributed by atoms with van der Waals surface area (Å²) in [5, 5.41) is 2.99. The molecule has 1 aliphatic rings. The summed E-state index contributed by atoms with van der Waals surface area (Å²) in [7, 11) is 0. The first-order valence-corrected chi connectivity index (χ1v) is 7.01. The smallest absolute Gasteiger partial charge is 0.224 e. The molecule has 0 fully saturated rings. The third kappa shape index (κ3) is 2.59. The fourth-order valence-corrected chi connectivity index (χ4v) is 2.61. The molecular formula is C14H19N5O. The second-order valence-electron chi connectivity index (χ2n) is 5.30. The van der Waals surface area contributed by atoms with Crippen molar-refractivity contribution in [1.82, 2.24) is 24.4 Å². The van der Waals surface area contributed by atoms with E-state index in [1.807, 2.05) is 23.9 Å². The van der Waals surface area contributed by atoms with Crippen molar-refractivity contribution in [3.8, 4) is 0 Å². The number of amides is 1. The number of carbonyl (C=O) groups excluding carboxylic acids is 1. The standard InChI is InChI=1S/C14H19N5O/c1-11(9-18-6-4-15-10-18)14(20)17-8-12-7-16-13-3-2-5-19(12)13/h4,6-7,10-11H,2-3,5,8-9H2,1H3,(H,17,20). The lowest BCUT2D eigenvalue weighted by Gasteiger charge is -2.13. The van der Waals surface area contributed by atoms with E-state index in [2.05, 4.69) is 19.9 Å². The largest absolute Gasteiger partial charge is 0.350 e. The normalized spacial score (nSPS) is 15.1. The molecule has 2 aromatic heterocycles. The Kier molecular flexibility index (Phi) is 3.54. The van der Waals surface area contributed by atoms with Crippen LogP contribution >= 0.6 is 0 Å². The van der Waals surface area contributed by atoms with Gasteiger partial charge in [0.2, 0.25) is 5.91 Å². The molecule has 1 amide bonds. The Bertz CT molecular complexity index is 587. The van der Waals surface area contributed by atoms with Gasteiger partial charge in [0, 0.05) is 31.9 Å². The molecule has 6 nitrogen and oxygen atoms in total. The first-order valence-electron chi connectivity index (χ1n) is 7.01. The molecule has 1 atom stereocenters. The van der Waals surface area contributed by atoms with E-state index in [0.29, 0.717) is 13.1 Å². The highest BCUT2D eigenvalue weighted by Crippen LogP contribution is 2.15. The molecule has 3 rings (SSSR count). The van der Waals surface area contributed by atoms with E-state index >= 15 is 0 Å². The second-order valence-corrected chi connectivity index (χ2v) is 5.30. The summed E-state index contributed by atoms with van der Waals surface area (Å²) in [6, 6.07) is 0. The molecule has 3 heterocycles. The van der Waals surface area contributed by atoms with Crippen molar-refractivity contribution in [1.29, 1.82) is 0 Å². The maximum Gasteiger partial charge on any atom is 0.224 e.